The smallest absolute Gasteiger partial charge is 0.220 e. The molecule has 1 amide bonds. The van der Waals surface area contributed by atoms with E-state index >= 15 is 0 Å². The topological polar surface area (TPSA) is 49.3 Å². The monoisotopic (exact) mass is 425 g/mol. The lowest BCUT2D eigenvalue weighted by Gasteiger charge is -2.07. The number of amides is 1. The van der Waals surface area contributed by atoms with Crippen molar-refractivity contribution in [3.8, 4) is 0 Å². The number of carbonyl (C=O) groups is 1. The maximum Gasteiger partial charge on any atom is 0.220 e. The molecule has 0 fully saturated rings. The van der Waals surface area contributed by atoms with Crippen LogP contribution in [0, 0.1) is 0 Å². The van der Waals surface area contributed by atoms with Crippen molar-refractivity contribution in [2.75, 3.05) is 6.54 Å². The Morgan fingerprint density at radius 3 is 1.20 bits per heavy atom. The standard InChI is InChI=1S/C27H55NO2/c1-3-4-5-6-7-8-9-10-11-12-13-14-15-16-17-18-19-20-21-22-23-24-27(30)28-25-26(2)29/h26,29H,3-25H2,1-2H3,(H,28,30). The summed E-state index contributed by atoms with van der Waals surface area (Å²) in [5.41, 5.74) is 0. The lowest BCUT2D eigenvalue weighted by atomic mass is 10.0. The highest BCUT2D eigenvalue weighted by molar-refractivity contribution is 5.75. The van der Waals surface area contributed by atoms with Crippen LogP contribution >= 0.6 is 0 Å². The molecule has 0 aliphatic carbocycles. The molecule has 3 nitrogen and oxygen atoms in total. The van der Waals surface area contributed by atoms with E-state index in [9.17, 15) is 4.79 Å². The van der Waals surface area contributed by atoms with Gasteiger partial charge < -0.3 is 10.4 Å². The fraction of sp³-hybridized carbons (Fsp3) is 0.963. The van der Waals surface area contributed by atoms with Crippen molar-refractivity contribution in [3.05, 3.63) is 0 Å². The first-order valence-corrected chi connectivity index (χ1v) is 13.6. The normalized spacial score (nSPS) is 12.2. The molecule has 0 rings (SSSR count). The van der Waals surface area contributed by atoms with Crippen molar-refractivity contribution in [1.29, 1.82) is 0 Å². The van der Waals surface area contributed by atoms with Gasteiger partial charge in [-0.25, -0.2) is 0 Å². The summed E-state index contributed by atoms with van der Waals surface area (Å²) in [6, 6.07) is 0. The van der Waals surface area contributed by atoms with E-state index in [0.717, 1.165) is 12.8 Å². The first-order valence-electron chi connectivity index (χ1n) is 13.6. The fourth-order valence-electron chi connectivity index (χ4n) is 4.07. The number of carbonyl (C=O) groups excluding carboxylic acids is 1. The van der Waals surface area contributed by atoms with Crippen LogP contribution in [0.4, 0.5) is 0 Å². The highest BCUT2D eigenvalue weighted by Crippen LogP contribution is 2.15. The fourth-order valence-corrected chi connectivity index (χ4v) is 4.07. The minimum atomic E-state index is -0.450. The first kappa shape index (κ1) is 29.4. The summed E-state index contributed by atoms with van der Waals surface area (Å²) >= 11 is 0. The van der Waals surface area contributed by atoms with Crippen LogP contribution in [0.2, 0.25) is 0 Å². The van der Waals surface area contributed by atoms with Crippen LogP contribution in [0.25, 0.3) is 0 Å². The molecule has 0 aromatic rings. The summed E-state index contributed by atoms with van der Waals surface area (Å²) < 4.78 is 0. The zero-order valence-corrected chi connectivity index (χ0v) is 20.7. The second kappa shape index (κ2) is 24.7. The molecular weight excluding hydrogens is 370 g/mol. The number of aliphatic hydroxyl groups is 1. The van der Waals surface area contributed by atoms with Crippen molar-refractivity contribution in [2.45, 2.75) is 161 Å². The predicted molar refractivity (Wildman–Crippen MR) is 132 cm³/mol. The van der Waals surface area contributed by atoms with Crippen LogP contribution in [0.5, 0.6) is 0 Å². The van der Waals surface area contributed by atoms with Crippen molar-refractivity contribution in [2.24, 2.45) is 0 Å². The molecule has 0 heterocycles. The van der Waals surface area contributed by atoms with Crippen LogP contribution in [0.3, 0.4) is 0 Å². The molecule has 1 atom stereocenters. The molecule has 0 aromatic heterocycles. The van der Waals surface area contributed by atoms with Gasteiger partial charge in [0.2, 0.25) is 5.91 Å². The second-order valence-corrected chi connectivity index (χ2v) is 9.47. The molecule has 0 radical (unpaired) electrons. The Hall–Kier alpha value is -0.570. The lowest BCUT2D eigenvalue weighted by Crippen LogP contribution is -2.30. The van der Waals surface area contributed by atoms with Gasteiger partial charge in [-0.1, -0.05) is 135 Å². The van der Waals surface area contributed by atoms with E-state index in [4.69, 9.17) is 5.11 Å². The van der Waals surface area contributed by atoms with Gasteiger partial charge in [0.05, 0.1) is 6.10 Å². The summed E-state index contributed by atoms with van der Waals surface area (Å²) in [5, 5.41) is 11.9. The Kier molecular flexibility index (Phi) is 24.2. The molecule has 3 heteroatoms. The Labute approximate surface area is 189 Å². The van der Waals surface area contributed by atoms with Gasteiger partial charge in [0.25, 0.3) is 0 Å². The Balaban J connectivity index is 3.07. The van der Waals surface area contributed by atoms with Crippen LogP contribution in [0.1, 0.15) is 155 Å². The van der Waals surface area contributed by atoms with Gasteiger partial charge in [0.15, 0.2) is 0 Å². The van der Waals surface area contributed by atoms with Gasteiger partial charge in [0, 0.05) is 13.0 Å². The van der Waals surface area contributed by atoms with Gasteiger partial charge in [-0.05, 0) is 13.3 Å². The number of nitrogens with one attached hydrogen (secondary N) is 1. The zero-order chi connectivity index (χ0) is 22.1. The molecule has 1 unspecified atom stereocenters. The molecule has 30 heavy (non-hydrogen) atoms. The highest BCUT2D eigenvalue weighted by Gasteiger charge is 2.02. The van der Waals surface area contributed by atoms with E-state index in [2.05, 4.69) is 12.2 Å². The minimum absolute atomic E-state index is 0.0775. The van der Waals surface area contributed by atoms with Gasteiger partial charge in [-0.3, -0.25) is 4.79 Å². The molecule has 0 spiro atoms. The molecule has 0 saturated carbocycles. The third-order valence-electron chi connectivity index (χ3n) is 6.10. The molecule has 2 N–H and O–H groups in total. The average Bonchev–Trinajstić information content (AvgIpc) is 2.73. The molecule has 180 valence electrons. The van der Waals surface area contributed by atoms with Crippen LogP contribution in [0.15, 0.2) is 0 Å². The van der Waals surface area contributed by atoms with Crippen molar-refractivity contribution in [1.82, 2.24) is 5.32 Å². The largest absolute Gasteiger partial charge is 0.392 e. The lowest BCUT2D eigenvalue weighted by molar-refractivity contribution is -0.121. The number of aliphatic hydroxyl groups excluding tert-OH is 1. The van der Waals surface area contributed by atoms with E-state index in [1.807, 2.05) is 0 Å². The molecule has 0 saturated heterocycles. The molecule has 0 aliphatic rings. The summed E-state index contributed by atoms with van der Waals surface area (Å²) in [6.07, 6.45) is 29.2. The summed E-state index contributed by atoms with van der Waals surface area (Å²) in [7, 11) is 0. The van der Waals surface area contributed by atoms with E-state index in [0.29, 0.717) is 13.0 Å². The number of rotatable bonds is 24. The number of unbranched alkanes of at least 4 members (excludes halogenated alkanes) is 20. The molecular formula is C27H55NO2. The predicted octanol–water partition coefficient (Wildman–Crippen LogP) is 8.09. The van der Waals surface area contributed by atoms with E-state index in [1.165, 1.54) is 122 Å². The van der Waals surface area contributed by atoms with Crippen molar-refractivity contribution in [3.63, 3.8) is 0 Å². The average molecular weight is 426 g/mol. The Morgan fingerprint density at radius 1 is 0.600 bits per heavy atom. The molecule has 0 bridgehead atoms. The number of hydrogen-bond acceptors (Lipinski definition) is 2. The summed E-state index contributed by atoms with van der Waals surface area (Å²) in [5.74, 6) is 0.0775. The first-order chi connectivity index (χ1) is 14.7. The Bertz CT molecular complexity index is 344. The second-order valence-electron chi connectivity index (χ2n) is 9.47. The van der Waals surface area contributed by atoms with E-state index in [-0.39, 0.29) is 5.91 Å². The van der Waals surface area contributed by atoms with Gasteiger partial charge in [0.1, 0.15) is 0 Å². The maximum atomic E-state index is 11.5. The molecule has 0 aromatic carbocycles. The SMILES string of the molecule is CCCCCCCCCCCCCCCCCCCCCCCC(=O)NCC(C)O. The summed E-state index contributed by atoms with van der Waals surface area (Å²) in [6.45, 7) is 4.36. The quantitative estimate of drug-likeness (QED) is 0.153. The zero-order valence-electron chi connectivity index (χ0n) is 20.7. The number of hydrogen-bond donors (Lipinski definition) is 2. The van der Waals surface area contributed by atoms with Crippen LogP contribution < -0.4 is 5.32 Å². The van der Waals surface area contributed by atoms with Gasteiger partial charge >= 0.3 is 0 Å². The summed E-state index contributed by atoms with van der Waals surface area (Å²) in [4.78, 5) is 11.5. The minimum Gasteiger partial charge on any atom is -0.392 e. The van der Waals surface area contributed by atoms with Crippen LogP contribution in [-0.4, -0.2) is 23.7 Å². The van der Waals surface area contributed by atoms with Crippen molar-refractivity contribution < 1.29 is 9.90 Å². The highest BCUT2D eigenvalue weighted by atomic mass is 16.3. The maximum absolute atomic E-state index is 11.5. The Morgan fingerprint density at radius 2 is 0.900 bits per heavy atom. The van der Waals surface area contributed by atoms with E-state index < -0.39 is 6.10 Å². The third-order valence-corrected chi connectivity index (χ3v) is 6.10. The van der Waals surface area contributed by atoms with E-state index in [1.54, 1.807) is 6.92 Å². The molecule has 0 aliphatic heterocycles. The van der Waals surface area contributed by atoms with Crippen molar-refractivity contribution >= 4 is 5.91 Å². The van der Waals surface area contributed by atoms with Gasteiger partial charge in [-0.2, -0.15) is 0 Å². The van der Waals surface area contributed by atoms with Gasteiger partial charge in [-0.15, -0.1) is 0 Å². The third kappa shape index (κ3) is 25.5. The van der Waals surface area contributed by atoms with Crippen LogP contribution in [-0.2, 0) is 4.79 Å².